The summed E-state index contributed by atoms with van der Waals surface area (Å²) in [6.07, 6.45) is 1.10. The molecule has 5 nitrogen and oxygen atoms in total. The van der Waals surface area contributed by atoms with Crippen LogP contribution in [0, 0.1) is 29.4 Å². The van der Waals surface area contributed by atoms with E-state index in [0.29, 0.717) is 11.6 Å². The van der Waals surface area contributed by atoms with Gasteiger partial charge in [-0.25, -0.2) is 0 Å². The van der Waals surface area contributed by atoms with Crippen LogP contribution in [0.5, 0.6) is 5.75 Å². The maximum atomic E-state index is 10.9. The monoisotopic (exact) mass is 278 g/mol. The third-order valence-corrected chi connectivity index (χ3v) is 4.49. The van der Waals surface area contributed by atoms with Gasteiger partial charge in [0.1, 0.15) is 11.9 Å². The summed E-state index contributed by atoms with van der Waals surface area (Å²) in [5.74, 6) is 0.751. The number of nitrogens with one attached hydrogen (secondary N) is 1. The molecule has 5 heteroatoms. The van der Waals surface area contributed by atoms with Crippen LogP contribution in [0.15, 0.2) is 12.1 Å². The number of benzene rings is 1. The Balaban J connectivity index is 2.20. The molecule has 1 saturated carbocycles. The molecule has 110 valence electrons. The van der Waals surface area contributed by atoms with Crippen LogP contribution in [0.2, 0.25) is 0 Å². The van der Waals surface area contributed by atoms with Crippen LogP contribution >= 0.6 is 0 Å². The van der Waals surface area contributed by atoms with Crippen molar-refractivity contribution in [3.05, 3.63) is 33.4 Å². The molecule has 0 aromatic heterocycles. The van der Waals surface area contributed by atoms with Crippen molar-refractivity contribution in [3.63, 3.8) is 0 Å². The number of nitro groups is 1. The lowest BCUT2D eigenvalue weighted by atomic mass is 9.64. The minimum atomic E-state index is -0.351. The Morgan fingerprint density at radius 1 is 1.35 bits per heavy atom. The average Bonchev–Trinajstić information content (AvgIpc) is 2.36. The normalized spacial score (nSPS) is 24.1. The van der Waals surface area contributed by atoms with Crippen LogP contribution in [0.1, 0.15) is 31.4 Å². The summed E-state index contributed by atoms with van der Waals surface area (Å²) in [5, 5.41) is 14.2. The van der Waals surface area contributed by atoms with E-state index in [4.69, 9.17) is 4.74 Å². The number of hydrogen-bond donors (Lipinski definition) is 1. The molecule has 0 heterocycles. The summed E-state index contributed by atoms with van der Waals surface area (Å²) in [6.45, 7) is 7.95. The lowest BCUT2D eigenvalue weighted by Gasteiger charge is -2.51. The maximum absolute atomic E-state index is 10.9. The second kappa shape index (κ2) is 5.05. The summed E-state index contributed by atoms with van der Waals surface area (Å²) in [6, 6.07) is 3.81. The van der Waals surface area contributed by atoms with E-state index in [1.165, 1.54) is 0 Å². The van der Waals surface area contributed by atoms with Crippen molar-refractivity contribution in [2.75, 3.05) is 7.05 Å². The SMILES string of the molecule is CNC1CC(Oc2cc(C)c([N+](=O)[O-])cc2C)C1(C)C. The highest BCUT2D eigenvalue weighted by Crippen LogP contribution is 2.43. The predicted octanol–water partition coefficient (Wildman–Crippen LogP) is 2.98. The maximum Gasteiger partial charge on any atom is 0.272 e. The second-order valence-electron chi connectivity index (χ2n) is 6.17. The summed E-state index contributed by atoms with van der Waals surface area (Å²) in [5.41, 5.74) is 1.66. The second-order valence-corrected chi connectivity index (χ2v) is 6.17. The first-order valence-electron chi connectivity index (χ1n) is 6.87. The van der Waals surface area contributed by atoms with Crippen LogP contribution in [0.4, 0.5) is 5.69 Å². The molecule has 1 aliphatic rings. The average molecular weight is 278 g/mol. The van der Waals surface area contributed by atoms with Crippen LogP contribution in [0.25, 0.3) is 0 Å². The van der Waals surface area contributed by atoms with Crippen LogP contribution < -0.4 is 10.1 Å². The third kappa shape index (κ3) is 2.38. The van der Waals surface area contributed by atoms with Gasteiger partial charge in [0.2, 0.25) is 0 Å². The molecule has 0 amide bonds. The summed E-state index contributed by atoms with van der Waals surface area (Å²) in [4.78, 5) is 10.6. The van der Waals surface area contributed by atoms with E-state index >= 15 is 0 Å². The van der Waals surface area contributed by atoms with E-state index in [9.17, 15) is 10.1 Å². The van der Waals surface area contributed by atoms with Crippen LogP contribution in [-0.2, 0) is 0 Å². The molecule has 2 rings (SSSR count). The molecule has 1 N–H and O–H groups in total. The van der Waals surface area contributed by atoms with Gasteiger partial charge in [-0.05, 0) is 32.5 Å². The Morgan fingerprint density at radius 3 is 2.50 bits per heavy atom. The fourth-order valence-electron chi connectivity index (χ4n) is 2.83. The molecule has 0 radical (unpaired) electrons. The molecule has 1 aromatic carbocycles. The fourth-order valence-corrected chi connectivity index (χ4v) is 2.83. The number of nitro benzene ring substituents is 1. The van der Waals surface area contributed by atoms with Gasteiger partial charge in [0, 0.05) is 29.5 Å². The Morgan fingerprint density at radius 2 is 2.00 bits per heavy atom. The molecule has 20 heavy (non-hydrogen) atoms. The van der Waals surface area contributed by atoms with Crippen LogP contribution in [-0.4, -0.2) is 24.1 Å². The Bertz CT molecular complexity index is 540. The van der Waals surface area contributed by atoms with E-state index < -0.39 is 0 Å². The molecular weight excluding hydrogens is 256 g/mol. The van der Waals surface area contributed by atoms with E-state index in [1.54, 1.807) is 19.1 Å². The molecule has 1 fully saturated rings. The number of ether oxygens (including phenoxy) is 1. The standard InChI is InChI=1S/C15H22N2O3/c1-9-7-12(10(2)6-11(9)17(18)19)20-14-8-13(16-5)15(14,3)4/h6-7,13-14,16H,8H2,1-5H3. The molecule has 2 atom stereocenters. The topological polar surface area (TPSA) is 64.4 Å². The van der Waals surface area contributed by atoms with Gasteiger partial charge >= 0.3 is 0 Å². The number of rotatable bonds is 4. The smallest absolute Gasteiger partial charge is 0.272 e. The highest BCUT2D eigenvalue weighted by atomic mass is 16.6. The van der Waals surface area contributed by atoms with E-state index in [1.807, 2.05) is 14.0 Å². The fraction of sp³-hybridized carbons (Fsp3) is 0.600. The van der Waals surface area contributed by atoms with Crippen LogP contribution in [0.3, 0.4) is 0 Å². The quantitative estimate of drug-likeness (QED) is 0.679. The number of aryl methyl sites for hydroxylation is 2. The van der Waals surface area contributed by atoms with E-state index in [0.717, 1.165) is 17.7 Å². The first kappa shape index (κ1) is 14.8. The van der Waals surface area contributed by atoms with Crippen molar-refractivity contribution in [2.24, 2.45) is 5.41 Å². The van der Waals surface area contributed by atoms with E-state index in [-0.39, 0.29) is 22.1 Å². The summed E-state index contributed by atoms with van der Waals surface area (Å²) >= 11 is 0. The zero-order chi connectivity index (χ0) is 15.1. The van der Waals surface area contributed by atoms with E-state index in [2.05, 4.69) is 19.2 Å². The molecule has 1 aromatic rings. The molecule has 0 aliphatic heterocycles. The third-order valence-electron chi connectivity index (χ3n) is 4.49. The Kier molecular flexibility index (Phi) is 3.73. The lowest BCUT2D eigenvalue weighted by molar-refractivity contribution is -0.385. The Hall–Kier alpha value is -1.62. The van der Waals surface area contributed by atoms with Crippen molar-refractivity contribution in [1.82, 2.24) is 5.32 Å². The van der Waals surface area contributed by atoms with Gasteiger partial charge in [0.25, 0.3) is 5.69 Å². The molecular formula is C15H22N2O3. The lowest BCUT2D eigenvalue weighted by Crippen LogP contribution is -2.61. The minimum Gasteiger partial charge on any atom is -0.489 e. The van der Waals surface area contributed by atoms with Gasteiger partial charge in [-0.2, -0.15) is 0 Å². The predicted molar refractivity (Wildman–Crippen MR) is 78.2 cm³/mol. The van der Waals surface area contributed by atoms with Crippen molar-refractivity contribution in [2.45, 2.75) is 46.3 Å². The van der Waals surface area contributed by atoms with Crippen molar-refractivity contribution in [3.8, 4) is 5.75 Å². The Labute approximate surface area is 119 Å². The zero-order valence-electron chi connectivity index (χ0n) is 12.7. The largest absolute Gasteiger partial charge is 0.489 e. The first-order valence-corrected chi connectivity index (χ1v) is 6.87. The van der Waals surface area contributed by atoms with Gasteiger partial charge in [-0.3, -0.25) is 10.1 Å². The van der Waals surface area contributed by atoms with Gasteiger partial charge in [0.15, 0.2) is 0 Å². The van der Waals surface area contributed by atoms with Gasteiger partial charge < -0.3 is 10.1 Å². The molecule has 1 aliphatic carbocycles. The summed E-state index contributed by atoms with van der Waals surface area (Å²) < 4.78 is 6.08. The number of hydrogen-bond acceptors (Lipinski definition) is 4. The highest BCUT2D eigenvalue weighted by molar-refractivity contribution is 5.49. The summed E-state index contributed by atoms with van der Waals surface area (Å²) in [7, 11) is 1.96. The van der Waals surface area contributed by atoms with Crippen molar-refractivity contribution >= 4 is 5.69 Å². The van der Waals surface area contributed by atoms with Crippen molar-refractivity contribution in [1.29, 1.82) is 0 Å². The molecule has 2 unspecified atom stereocenters. The molecule has 0 bridgehead atoms. The highest BCUT2D eigenvalue weighted by Gasteiger charge is 2.49. The van der Waals surface area contributed by atoms with Gasteiger partial charge in [-0.15, -0.1) is 0 Å². The molecule has 0 spiro atoms. The van der Waals surface area contributed by atoms with Crippen molar-refractivity contribution < 1.29 is 9.66 Å². The van der Waals surface area contributed by atoms with Gasteiger partial charge in [0.05, 0.1) is 4.92 Å². The number of nitrogens with zero attached hydrogens (tertiary/aromatic N) is 1. The zero-order valence-corrected chi connectivity index (χ0v) is 12.7. The minimum absolute atomic E-state index is 0.0663. The van der Waals surface area contributed by atoms with Gasteiger partial charge in [-0.1, -0.05) is 13.8 Å². The first-order chi connectivity index (χ1) is 9.27. The molecule has 0 saturated heterocycles.